The molecule has 1 heterocycles. The third kappa shape index (κ3) is 4.04. The predicted octanol–water partition coefficient (Wildman–Crippen LogP) is 4.79. The second-order valence-electron chi connectivity index (χ2n) is 5.18. The molecule has 3 rings (SSSR count). The van der Waals surface area contributed by atoms with Gasteiger partial charge in [0.25, 0.3) is 5.91 Å². The molecule has 0 saturated carbocycles. The van der Waals surface area contributed by atoms with Gasteiger partial charge in [-0.15, -0.1) is 10.2 Å². The fourth-order valence-electron chi connectivity index (χ4n) is 2.22. The van der Waals surface area contributed by atoms with Crippen LogP contribution < -0.4 is 15.4 Å². The molecule has 0 spiro atoms. The number of aromatic nitrogens is 2. The summed E-state index contributed by atoms with van der Waals surface area (Å²) in [6.45, 7) is 0. The van der Waals surface area contributed by atoms with Crippen molar-refractivity contribution < 1.29 is 9.53 Å². The van der Waals surface area contributed by atoms with Gasteiger partial charge >= 0.3 is 0 Å². The van der Waals surface area contributed by atoms with E-state index in [1.165, 1.54) is 7.11 Å². The van der Waals surface area contributed by atoms with Crippen LogP contribution in [0, 0.1) is 0 Å². The minimum Gasteiger partial charge on any atom is -0.496 e. The maximum Gasteiger partial charge on any atom is 0.260 e. The summed E-state index contributed by atoms with van der Waals surface area (Å²) in [6.07, 6.45) is 0. The van der Waals surface area contributed by atoms with Crippen LogP contribution in [0.15, 0.2) is 54.6 Å². The summed E-state index contributed by atoms with van der Waals surface area (Å²) in [7, 11) is 1.51. The number of amides is 1. The smallest absolute Gasteiger partial charge is 0.260 e. The van der Waals surface area contributed by atoms with E-state index in [-0.39, 0.29) is 5.91 Å². The fraction of sp³-hybridized carbons (Fsp3) is 0.0556. The molecule has 0 radical (unpaired) electrons. The number of ether oxygens (including phenoxy) is 1. The molecule has 26 heavy (non-hydrogen) atoms. The van der Waals surface area contributed by atoms with Crippen molar-refractivity contribution in [2.75, 3.05) is 17.7 Å². The molecule has 0 bridgehead atoms. The molecule has 0 fully saturated rings. The van der Waals surface area contributed by atoms with Gasteiger partial charge in [-0.2, -0.15) is 0 Å². The van der Waals surface area contributed by atoms with E-state index in [2.05, 4.69) is 20.8 Å². The van der Waals surface area contributed by atoms with E-state index in [9.17, 15) is 4.79 Å². The normalized spacial score (nSPS) is 10.3. The molecule has 1 aromatic heterocycles. The number of benzene rings is 2. The Kier molecular flexibility index (Phi) is 5.55. The first kappa shape index (κ1) is 18.0. The quantitative estimate of drug-likeness (QED) is 0.656. The average Bonchev–Trinajstić information content (AvgIpc) is 2.67. The van der Waals surface area contributed by atoms with Crippen molar-refractivity contribution in [1.29, 1.82) is 0 Å². The maximum atomic E-state index is 12.3. The standard InChI is InChI=1S/C18H14Cl2N4O2/c1-26-14-8-3-2-5-11(14)18(25)22-16-10-9-15(23-24-16)21-13-7-4-6-12(19)17(13)20/h2-10H,1H3,(H,21,23)(H,22,24,25). The minimum absolute atomic E-state index is 0.309. The van der Waals surface area contributed by atoms with Gasteiger partial charge in [-0.25, -0.2) is 0 Å². The molecule has 0 aliphatic carbocycles. The van der Waals surface area contributed by atoms with Gasteiger partial charge in [0.15, 0.2) is 11.6 Å². The molecule has 1 amide bonds. The minimum atomic E-state index is -0.338. The predicted molar refractivity (Wildman–Crippen MR) is 103 cm³/mol. The molecule has 8 heteroatoms. The first-order chi connectivity index (χ1) is 12.6. The largest absolute Gasteiger partial charge is 0.496 e. The Morgan fingerprint density at radius 3 is 2.42 bits per heavy atom. The second kappa shape index (κ2) is 8.03. The van der Waals surface area contributed by atoms with Crippen LogP contribution in [0.1, 0.15) is 10.4 Å². The number of halogens is 2. The van der Waals surface area contributed by atoms with Gasteiger partial charge in [0.05, 0.1) is 28.4 Å². The number of para-hydroxylation sites is 1. The number of rotatable bonds is 5. The van der Waals surface area contributed by atoms with Crippen molar-refractivity contribution in [1.82, 2.24) is 10.2 Å². The molecule has 132 valence electrons. The van der Waals surface area contributed by atoms with Crippen LogP contribution in [0.25, 0.3) is 0 Å². The van der Waals surface area contributed by atoms with Crippen molar-refractivity contribution in [3.05, 3.63) is 70.2 Å². The van der Waals surface area contributed by atoms with Crippen LogP contribution in [0.5, 0.6) is 5.75 Å². The highest BCUT2D eigenvalue weighted by atomic mass is 35.5. The van der Waals surface area contributed by atoms with Crippen LogP contribution in [-0.4, -0.2) is 23.2 Å². The van der Waals surface area contributed by atoms with Crippen molar-refractivity contribution in [2.24, 2.45) is 0 Å². The molecule has 6 nitrogen and oxygen atoms in total. The fourth-order valence-corrected chi connectivity index (χ4v) is 2.57. The Hall–Kier alpha value is -2.83. The van der Waals surface area contributed by atoms with Crippen molar-refractivity contribution in [3.8, 4) is 5.75 Å². The molecule has 0 atom stereocenters. The Bertz CT molecular complexity index is 933. The molecular weight excluding hydrogens is 375 g/mol. The Labute approximate surface area is 160 Å². The first-order valence-corrected chi connectivity index (χ1v) is 8.33. The van der Waals surface area contributed by atoms with Gasteiger partial charge in [0.1, 0.15) is 5.75 Å². The van der Waals surface area contributed by atoms with E-state index in [1.54, 1.807) is 54.6 Å². The van der Waals surface area contributed by atoms with Gasteiger partial charge < -0.3 is 15.4 Å². The molecule has 3 aromatic rings. The average molecular weight is 389 g/mol. The van der Waals surface area contributed by atoms with Crippen molar-refractivity contribution in [3.63, 3.8) is 0 Å². The zero-order valence-electron chi connectivity index (χ0n) is 13.7. The van der Waals surface area contributed by atoms with Crippen LogP contribution in [0.2, 0.25) is 10.0 Å². The van der Waals surface area contributed by atoms with Crippen LogP contribution in [0.3, 0.4) is 0 Å². The van der Waals surface area contributed by atoms with Gasteiger partial charge in [0.2, 0.25) is 0 Å². The number of carbonyl (C=O) groups excluding carboxylic acids is 1. The Morgan fingerprint density at radius 2 is 1.69 bits per heavy atom. The van der Waals surface area contributed by atoms with Crippen molar-refractivity contribution in [2.45, 2.75) is 0 Å². The lowest BCUT2D eigenvalue weighted by Crippen LogP contribution is -2.14. The lowest BCUT2D eigenvalue weighted by Gasteiger charge is -2.10. The maximum absolute atomic E-state index is 12.3. The van der Waals surface area contributed by atoms with Gasteiger partial charge in [-0.05, 0) is 36.4 Å². The summed E-state index contributed by atoms with van der Waals surface area (Å²) >= 11 is 12.1. The lowest BCUT2D eigenvalue weighted by atomic mass is 10.2. The number of methoxy groups -OCH3 is 1. The lowest BCUT2D eigenvalue weighted by molar-refractivity contribution is 0.102. The summed E-state index contributed by atoms with van der Waals surface area (Å²) in [4.78, 5) is 12.3. The summed E-state index contributed by atoms with van der Waals surface area (Å²) in [5.74, 6) is 0.912. The third-order valence-electron chi connectivity index (χ3n) is 3.47. The Balaban J connectivity index is 1.71. The van der Waals surface area contributed by atoms with Gasteiger partial charge in [-0.3, -0.25) is 4.79 Å². The summed E-state index contributed by atoms with van der Waals surface area (Å²) in [6, 6.07) is 15.4. The highest BCUT2D eigenvalue weighted by Crippen LogP contribution is 2.31. The molecule has 0 aliphatic rings. The van der Waals surface area contributed by atoms with E-state index < -0.39 is 0 Å². The molecule has 2 N–H and O–H groups in total. The number of anilines is 3. The first-order valence-electron chi connectivity index (χ1n) is 7.57. The second-order valence-corrected chi connectivity index (χ2v) is 5.97. The topological polar surface area (TPSA) is 76.1 Å². The highest BCUT2D eigenvalue weighted by molar-refractivity contribution is 6.43. The summed E-state index contributed by atoms with van der Waals surface area (Å²) in [5.41, 5.74) is 1.02. The van der Waals surface area contributed by atoms with Crippen LogP contribution in [0.4, 0.5) is 17.3 Å². The number of nitrogens with one attached hydrogen (secondary N) is 2. The highest BCUT2D eigenvalue weighted by Gasteiger charge is 2.12. The van der Waals surface area contributed by atoms with E-state index in [1.807, 2.05) is 0 Å². The van der Waals surface area contributed by atoms with E-state index >= 15 is 0 Å². The van der Waals surface area contributed by atoms with Gasteiger partial charge in [-0.1, -0.05) is 41.4 Å². The molecule has 0 unspecified atom stereocenters. The van der Waals surface area contributed by atoms with Crippen molar-refractivity contribution >= 4 is 46.4 Å². The van der Waals surface area contributed by atoms with Crippen LogP contribution >= 0.6 is 23.2 Å². The number of carbonyl (C=O) groups is 1. The number of nitrogens with zero attached hydrogens (tertiary/aromatic N) is 2. The molecular formula is C18H14Cl2N4O2. The van der Waals surface area contributed by atoms with Crippen LogP contribution in [-0.2, 0) is 0 Å². The summed E-state index contributed by atoms with van der Waals surface area (Å²) < 4.78 is 5.18. The molecule has 0 saturated heterocycles. The molecule has 0 aliphatic heterocycles. The zero-order valence-corrected chi connectivity index (χ0v) is 15.2. The van der Waals surface area contributed by atoms with E-state index in [0.29, 0.717) is 38.7 Å². The Morgan fingerprint density at radius 1 is 0.962 bits per heavy atom. The monoisotopic (exact) mass is 388 g/mol. The van der Waals surface area contributed by atoms with E-state index in [0.717, 1.165) is 0 Å². The number of hydrogen-bond acceptors (Lipinski definition) is 5. The van der Waals surface area contributed by atoms with E-state index in [4.69, 9.17) is 27.9 Å². The zero-order chi connectivity index (χ0) is 18.5. The summed E-state index contributed by atoms with van der Waals surface area (Å²) in [5, 5.41) is 14.5. The third-order valence-corrected chi connectivity index (χ3v) is 4.29. The SMILES string of the molecule is COc1ccccc1C(=O)Nc1ccc(Nc2cccc(Cl)c2Cl)nn1. The van der Waals surface area contributed by atoms with Gasteiger partial charge in [0, 0.05) is 0 Å². The number of hydrogen-bond donors (Lipinski definition) is 2. The molecule has 2 aromatic carbocycles.